The maximum atomic E-state index is 12.0. The van der Waals surface area contributed by atoms with Crippen LogP contribution in [0.1, 0.15) is 24.8 Å². The van der Waals surface area contributed by atoms with Gasteiger partial charge in [-0.1, -0.05) is 36.2 Å². The lowest BCUT2D eigenvalue weighted by Crippen LogP contribution is -2.34. The van der Waals surface area contributed by atoms with E-state index in [9.17, 15) is 13.2 Å². The number of rotatable bonds is 4. The van der Waals surface area contributed by atoms with Crippen molar-refractivity contribution in [3.63, 3.8) is 0 Å². The van der Waals surface area contributed by atoms with Crippen LogP contribution in [0.3, 0.4) is 0 Å². The van der Waals surface area contributed by atoms with Crippen molar-refractivity contribution in [1.29, 1.82) is 0 Å². The zero-order valence-corrected chi connectivity index (χ0v) is 13.9. The molecule has 2 atom stereocenters. The molecule has 1 saturated heterocycles. The van der Waals surface area contributed by atoms with E-state index in [0.29, 0.717) is 23.0 Å². The lowest BCUT2D eigenvalue weighted by molar-refractivity contribution is -0.124. The van der Waals surface area contributed by atoms with Crippen molar-refractivity contribution < 1.29 is 13.2 Å². The Balaban J connectivity index is 1.95. The van der Waals surface area contributed by atoms with Gasteiger partial charge in [-0.25, -0.2) is 8.42 Å². The second-order valence-electron chi connectivity index (χ2n) is 5.38. The van der Waals surface area contributed by atoms with Gasteiger partial charge in [-0.2, -0.15) is 0 Å². The van der Waals surface area contributed by atoms with Gasteiger partial charge in [-0.15, -0.1) is 0 Å². The number of sulfone groups is 1. The summed E-state index contributed by atoms with van der Waals surface area (Å²) in [6.07, 6.45) is 0.398. The number of hydrogen-bond acceptors (Lipinski definition) is 3. The summed E-state index contributed by atoms with van der Waals surface area (Å²) < 4.78 is 22.8. The van der Waals surface area contributed by atoms with Crippen LogP contribution in [0.25, 0.3) is 0 Å². The highest BCUT2D eigenvalue weighted by molar-refractivity contribution is 7.91. The molecule has 1 aromatic rings. The predicted octanol–water partition coefficient (Wildman–Crippen LogP) is 2.65. The maximum absolute atomic E-state index is 12.0. The van der Waals surface area contributed by atoms with Gasteiger partial charge in [0.05, 0.1) is 17.4 Å². The van der Waals surface area contributed by atoms with Crippen molar-refractivity contribution in [1.82, 2.24) is 5.32 Å². The summed E-state index contributed by atoms with van der Waals surface area (Å²) in [6, 6.07) is 5.28. The van der Waals surface area contributed by atoms with Gasteiger partial charge in [0.15, 0.2) is 9.84 Å². The summed E-state index contributed by atoms with van der Waals surface area (Å²) in [7, 11) is -3.05. The number of hydrogen-bond donors (Lipinski definition) is 1. The first-order chi connectivity index (χ1) is 9.80. The smallest absolute Gasteiger partial charge is 0.224 e. The largest absolute Gasteiger partial charge is 0.355 e. The van der Waals surface area contributed by atoms with Gasteiger partial charge in [0, 0.05) is 22.5 Å². The molecule has 21 heavy (non-hydrogen) atoms. The molecule has 1 aliphatic heterocycles. The van der Waals surface area contributed by atoms with Crippen LogP contribution in [0.5, 0.6) is 0 Å². The Bertz CT molecular complexity index is 625. The van der Waals surface area contributed by atoms with E-state index < -0.39 is 15.8 Å². The van der Waals surface area contributed by atoms with E-state index in [2.05, 4.69) is 5.32 Å². The molecule has 1 N–H and O–H groups in total. The third-order valence-corrected chi connectivity index (χ3v) is 6.11. The number of benzene rings is 1. The highest BCUT2D eigenvalue weighted by Gasteiger charge is 2.33. The van der Waals surface area contributed by atoms with Crippen LogP contribution < -0.4 is 5.32 Å². The van der Waals surface area contributed by atoms with Crippen molar-refractivity contribution >= 4 is 38.9 Å². The average Bonchev–Trinajstić information content (AvgIpc) is 2.76. The molecular weight excluding hydrogens is 333 g/mol. The Morgan fingerprint density at radius 3 is 2.52 bits per heavy atom. The van der Waals surface area contributed by atoms with E-state index in [1.165, 1.54) is 0 Å². The first-order valence-corrected chi connectivity index (χ1v) is 9.30. The molecule has 1 fully saturated rings. The molecule has 1 aromatic carbocycles. The topological polar surface area (TPSA) is 63.2 Å². The minimum atomic E-state index is -3.05. The highest BCUT2D eigenvalue weighted by Crippen LogP contribution is 2.31. The van der Waals surface area contributed by atoms with Crippen LogP contribution in [0.15, 0.2) is 18.2 Å². The molecule has 0 aliphatic carbocycles. The maximum Gasteiger partial charge on any atom is 0.224 e. The molecule has 1 amide bonds. The van der Waals surface area contributed by atoms with Gasteiger partial charge in [-0.3, -0.25) is 4.79 Å². The second kappa shape index (κ2) is 6.55. The molecule has 1 heterocycles. The Labute approximate surface area is 134 Å². The van der Waals surface area contributed by atoms with Gasteiger partial charge in [0.2, 0.25) is 5.91 Å². The van der Waals surface area contributed by atoms with Crippen molar-refractivity contribution in [2.24, 2.45) is 5.92 Å². The molecule has 4 nitrogen and oxygen atoms in total. The molecule has 0 radical (unpaired) electrons. The molecule has 1 aliphatic rings. The molecular formula is C14H17Cl2NO3S. The van der Waals surface area contributed by atoms with Gasteiger partial charge in [0.25, 0.3) is 0 Å². The fourth-order valence-electron chi connectivity index (χ4n) is 2.48. The minimum Gasteiger partial charge on any atom is -0.355 e. The zero-order chi connectivity index (χ0) is 15.6. The lowest BCUT2D eigenvalue weighted by Gasteiger charge is -2.17. The average molecular weight is 350 g/mol. The number of carbonyl (C=O) groups excluding carboxylic acids is 1. The SMILES string of the molecule is CC(CNC(=O)C1CCS(=O)(=O)C1)c1c(Cl)cccc1Cl. The van der Waals surface area contributed by atoms with Crippen LogP contribution in [0, 0.1) is 5.92 Å². The van der Waals surface area contributed by atoms with Crippen molar-refractivity contribution in [3.8, 4) is 0 Å². The summed E-state index contributed by atoms with van der Waals surface area (Å²) in [4.78, 5) is 12.0. The Morgan fingerprint density at radius 1 is 1.38 bits per heavy atom. The molecule has 0 spiro atoms. The van der Waals surface area contributed by atoms with Crippen LogP contribution in [-0.2, 0) is 14.6 Å². The molecule has 2 unspecified atom stereocenters. The van der Waals surface area contributed by atoms with Crippen molar-refractivity contribution in [3.05, 3.63) is 33.8 Å². The Morgan fingerprint density at radius 2 is 2.00 bits per heavy atom. The van der Waals surface area contributed by atoms with Crippen molar-refractivity contribution in [2.45, 2.75) is 19.3 Å². The first kappa shape index (κ1) is 16.6. The monoisotopic (exact) mass is 349 g/mol. The van der Waals surface area contributed by atoms with Crippen molar-refractivity contribution in [2.75, 3.05) is 18.1 Å². The molecule has 7 heteroatoms. The molecule has 116 valence electrons. The van der Waals surface area contributed by atoms with Crippen LogP contribution in [-0.4, -0.2) is 32.4 Å². The Hall–Kier alpha value is -0.780. The van der Waals surface area contributed by atoms with E-state index in [0.717, 1.165) is 5.56 Å². The number of halogens is 2. The molecule has 0 aromatic heterocycles. The predicted molar refractivity (Wildman–Crippen MR) is 84.6 cm³/mol. The van der Waals surface area contributed by atoms with E-state index in [1.54, 1.807) is 18.2 Å². The van der Waals surface area contributed by atoms with Crippen LogP contribution in [0.4, 0.5) is 0 Å². The van der Waals surface area contributed by atoms with E-state index in [4.69, 9.17) is 23.2 Å². The molecule has 2 rings (SSSR count). The fourth-order valence-corrected chi connectivity index (χ4v) is 4.99. The summed E-state index contributed by atoms with van der Waals surface area (Å²) in [6.45, 7) is 2.29. The summed E-state index contributed by atoms with van der Waals surface area (Å²) in [5.41, 5.74) is 0.792. The quantitative estimate of drug-likeness (QED) is 0.908. The fraction of sp³-hybridized carbons (Fsp3) is 0.500. The number of carbonyl (C=O) groups is 1. The van der Waals surface area contributed by atoms with E-state index in [1.807, 2.05) is 6.92 Å². The number of amides is 1. The summed E-state index contributed by atoms with van der Waals surface area (Å²) >= 11 is 12.3. The third-order valence-electron chi connectivity index (χ3n) is 3.68. The zero-order valence-electron chi connectivity index (χ0n) is 11.6. The highest BCUT2D eigenvalue weighted by atomic mass is 35.5. The van der Waals surface area contributed by atoms with Gasteiger partial charge in [0.1, 0.15) is 0 Å². The second-order valence-corrected chi connectivity index (χ2v) is 8.42. The third kappa shape index (κ3) is 4.11. The van der Waals surface area contributed by atoms with Crippen LogP contribution in [0.2, 0.25) is 10.0 Å². The summed E-state index contributed by atoms with van der Waals surface area (Å²) in [5, 5.41) is 3.92. The standard InChI is InChI=1S/C14H17Cl2NO3S/c1-9(13-11(15)3-2-4-12(13)16)7-17-14(18)10-5-6-21(19,20)8-10/h2-4,9-10H,5-8H2,1H3,(H,17,18). The van der Waals surface area contributed by atoms with Gasteiger partial charge in [-0.05, 0) is 24.1 Å². The van der Waals surface area contributed by atoms with Gasteiger partial charge >= 0.3 is 0 Å². The van der Waals surface area contributed by atoms with Crippen LogP contribution >= 0.6 is 23.2 Å². The summed E-state index contributed by atoms with van der Waals surface area (Å²) in [5.74, 6) is -0.667. The Kier molecular flexibility index (Phi) is 5.17. The first-order valence-electron chi connectivity index (χ1n) is 6.72. The normalized spacial score (nSPS) is 22.0. The van der Waals surface area contributed by atoms with Gasteiger partial charge < -0.3 is 5.32 Å². The number of nitrogens with one attached hydrogen (secondary N) is 1. The molecule has 0 bridgehead atoms. The lowest BCUT2D eigenvalue weighted by atomic mass is 10.0. The minimum absolute atomic E-state index is 0.0480. The van der Waals surface area contributed by atoms with E-state index in [-0.39, 0.29) is 23.3 Å². The van der Waals surface area contributed by atoms with E-state index >= 15 is 0 Å². The molecule has 0 saturated carbocycles.